The van der Waals surface area contributed by atoms with Gasteiger partial charge in [0.05, 0.1) is 6.20 Å². The second kappa shape index (κ2) is 7.13. The van der Waals surface area contributed by atoms with E-state index in [1.54, 1.807) is 0 Å². The Hall–Kier alpha value is -1.56. The number of rotatable bonds is 5. The van der Waals surface area contributed by atoms with Crippen LogP contribution in [0, 0.1) is 5.41 Å². The molecule has 1 unspecified atom stereocenters. The highest BCUT2D eigenvalue weighted by Crippen LogP contribution is 2.20. The fourth-order valence-corrected chi connectivity index (χ4v) is 2.89. The van der Waals surface area contributed by atoms with Crippen LogP contribution in [0.4, 0.5) is 4.79 Å². The number of carbonyl (C=O) groups is 1. The Bertz CT molecular complexity index is 493. The van der Waals surface area contributed by atoms with E-state index >= 15 is 0 Å². The first-order valence-corrected chi connectivity index (χ1v) is 8.06. The molecular weight excluding hydrogens is 280 g/mol. The van der Waals surface area contributed by atoms with Gasteiger partial charge in [-0.15, -0.1) is 0 Å². The molecule has 0 bridgehead atoms. The van der Waals surface area contributed by atoms with Crippen LogP contribution in [0.3, 0.4) is 0 Å². The van der Waals surface area contributed by atoms with Crippen molar-refractivity contribution >= 4 is 6.03 Å². The fourth-order valence-electron chi connectivity index (χ4n) is 2.89. The Morgan fingerprint density at radius 1 is 1.55 bits per heavy atom. The summed E-state index contributed by atoms with van der Waals surface area (Å²) < 4.78 is 0. The molecule has 0 aromatic carbocycles. The molecule has 1 heterocycles. The van der Waals surface area contributed by atoms with E-state index in [0.29, 0.717) is 19.5 Å². The number of hydrogen-bond acceptors (Lipinski definition) is 3. The molecule has 2 rings (SSSR count). The highest BCUT2D eigenvalue weighted by molar-refractivity contribution is 5.74. The van der Waals surface area contributed by atoms with Gasteiger partial charge in [0.1, 0.15) is 0 Å². The van der Waals surface area contributed by atoms with E-state index in [0.717, 1.165) is 19.3 Å². The molecule has 22 heavy (non-hydrogen) atoms. The predicted molar refractivity (Wildman–Crippen MR) is 85.7 cm³/mol. The van der Waals surface area contributed by atoms with Gasteiger partial charge < -0.3 is 15.3 Å². The van der Waals surface area contributed by atoms with Crippen molar-refractivity contribution in [2.45, 2.75) is 52.5 Å². The van der Waals surface area contributed by atoms with Crippen molar-refractivity contribution < 1.29 is 9.90 Å². The number of aryl methyl sites for hydroxylation is 1. The van der Waals surface area contributed by atoms with Crippen molar-refractivity contribution in [3.63, 3.8) is 0 Å². The Kier molecular flexibility index (Phi) is 5.45. The van der Waals surface area contributed by atoms with E-state index in [-0.39, 0.29) is 24.1 Å². The fraction of sp³-hybridized carbons (Fsp3) is 0.750. The average molecular weight is 308 g/mol. The maximum atomic E-state index is 12.6. The van der Waals surface area contributed by atoms with Crippen molar-refractivity contribution in [1.82, 2.24) is 20.4 Å². The number of carbonyl (C=O) groups excluding carboxylic acids is 1. The van der Waals surface area contributed by atoms with E-state index in [1.807, 2.05) is 11.1 Å². The summed E-state index contributed by atoms with van der Waals surface area (Å²) >= 11 is 0. The third-order valence-corrected chi connectivity index (χ3v) is 3.88. The maximum absolute atomic E-state index is 12.6. The summed E-state index contributed by atoms with van der Waals surface area (Å²) in [5.41, 5.74) is 2.43. The second-order valence-electron chi connectivity index (χ2n) is 7.32. The van der Waals surface area contributed by atoms with E-state index < -0.39 is 0 Å². The minimum atomic E-state index is -0.0275. The van der Waals surface area contributed by atoms with E-state index in [9.17, 15) is 4.79 Å². The Morgan fingerprint density at radius 3 is 3.00 bits per heavy atom. The van der Waals surface area contributed by atoms with Crippen LogP contribution in [0.2, 0.25) is 0 Å². The molecule has 0 radical (unpaired) electrons. The smallest absolute Gasteiger partial charge is 0.317 e. The molecule has 0 spiro atoms. The van der Waals surface area contributed by atoms with Crippen molar-refractivity contribution in [2.24, 2.45) is 5.41 Å². The maximum Gasteiger partial charge on any atom is 0.317 e. The molecule has 2 amide bonds. The third kappa shape index (κ3) is 4.73. The van der Waals surface area contributed by atoms with Crippen LogP contribution < -0.4 is 5.32 Å². The lowest BCUT2D eigenvalue weighted by molar-refractivity contribution is 0.161. The summed E-state index contributed by atoms with van der Waals surface area (Å²) in [5, 5.41) is 19.3. The molecule has 1 aromatic heterocycles. The number of H-pyrrole nitrogens is 1. The van der Waals surface area contributed by atoms with Crippen LogP contribution in [-0.2, 0) is 12.8 Å². The minimum absolute atomic E-state index is 0.0275. The number of nitrogens with zero attached hydrogens (tertiary/aromatic N) is 2. The number of aliphatic hydroxyl groups is 1. The van der Waals surface area contributed by atoms with Gasteiger partial charge in [0, 0.05) is 31.4 Å². The molecule has 6 heteroatoms. The zero-order valence-electron chi connectivity index (χ0n) is 13.9. The lowest BCUT2D eigenvalue weighted by atomic mass is 9.93. The first-order valence-electron chi connectivity index (χ1n) is 8.06. The van der Waals surface area contributed by atoms with Gasteiger partial charge in [-0.05, 0) is 36.7 Å². The van der Waals surface area contributed by atoms with Crippen molar-refractivity contribution in [3.8, 4) is 0 Å². The normalized spacial score (nSPS) is 17.9. The van der Waals surface area contributed by atoms with Crippen LogP contribution in [0.25, 0.3) is 0 Å². The van der Waals surface area contributed by atoms with Gasteiger partial charge >= 0.3 is 6.03 Å². The Balaban J connectivity index is 1.93. The van der Waals surface area contributed by atoms with Gasteiger partial charge in [0.25, 0.3) is 0 Å². The molecule has 1 aliphatic rings. The molecule has 6 nitrogen and oxygen atoms in total. The minimum Gasteiger partial charge on any atom is -0.396 e. The SMILES string of the molecule is CC(C)(C)CN(CCCO)C(=O)NC1CCc2[nH]ncc2C1. The van der Waals surface area contributed by atoms with Gasteiger partial charge in [-0.2, -0.15) is 5.10 Å². The molecule has 124 valence electrons. The zero-order valence-corrected chi connectivity index (χ0v) is 13.9. The van der Waals surface area contributed by atoms with E-state index in [1.165, 1.54) is 11.3 Å². The molecule has 1 atom stereocenters. The molecule has 3 N–H and O–H groups in total. The summed E-state index contributed by atoms with van der Waals surface area (Å²) in [6, 6.07) is 0.134. The number of aliphatic hydroxyl groups excluding tert-OH is 1. The first-order chi connectivity index (χ1) is 10.4. The van der Waals surface area contributed by atoms with Gasteiger partial charge in [0.2, 0.25) is 0 Å². The lowest BCUT2D eigenvalue weighted by Crippen LogP contribution is -2.49. The summed E-state index contributed by atoms with van der Waals surface area (Å²) in [6.45, 7) is 7.72. The number of fused-ring (bicyclic) bond motifs is 1. The third-order valence-electron chi connectivity index (χ3n) is 3.88. The number of urea groups is 1. The van der Waals surface area contributed by atoms with Crippen molar-refractivity contribution in [2.75, 3.05) is 19.7 Å². The number of aromatic amines is 1. The van der Waals surface area contributed by atoms with Gasteiger partial charge in [-0.3, -0.25) is 5.10 Å². The largest absolute Gasteiger partial charge is 0.396 e. The molecule has 0 fully saturated rings. The lowest BCUT2D eigenvalue weighted by Gasteiger charge is -2.32. The quantitative estimate of drug-likeness (QED) is 0.774. The second-order valence-corrected chi connectivity index (χ2v) is 7.32. The summed E-state index contributed by atoms with van der Waals surface area (Å²) in [7, 11) is 0. The van der Waals surface area contributed by atoms with Crippen LogP contribution in [0.15, 0.2) is 6.20 Å². The topological polar surface area (TPSA) is 81.2 Å². The Labute approximate surface area is 132 Å². The van der Waals surface area contributed by atoms with Gasteiger partial charge in [-0.25, -0.2) is 4.79 Å². The molecule has 0 saturated heterocycles. The van der Waals surface area contributed by atoms with Crippen molar-refractivity contribution in [3.05, 3.63) is 17.5 Å². The van der Waals surface area contributed by atoms with Gasteiger partial charge in [0.15, 0.2) is 0 Å². The van der Waals surface area contributed by atoms with Crippen LogP contribution in [-0.4, -0.2) is 52.0 Å². The average Bonchev–Trinajstić information content (AvgIpc) is 2.89. The standard InChI is InChI=1S/C16H28N4O2/c1-16(2,3)11-20(7-4-8-21)15(22)18-13-5-6-14-12(9-13)10-17-19-14/h10,13,21H,4-9,11H2,1-3H3,(H,17,19)(H,18,22). The predicted octanol–water partition coefficient (Wildman–Crippen LogP) is 1.71. The molecule has 1 aromatic rings. The summed E-state index contributed by atoms with van der Waals surface area (Å²) in [6.07, 6.45) is 5.16. The molecular formula is C16H28N4O2. The summed E-state index contributed by atoms with van der Waals surface area (Å²) in [4.78, 5) is 14.4. The molecule has 0 aliphatic heterocycles. The van der Waals surface area contributed by atoms with E-state index in [4.69, 9.17) is 5.11 Å². The zero-order chi connectivity index (χ0) is 16.2. The Morgan fingerprint density at radius 2 is 2.32 bits per heavy atom. The monoisotopic (exact) mass is 308 g/mol. The first kappa shape index (κ1) is 16.8. The highest BCUT2D eigenvalue weighted by atomic mass is 16.3. The van der Waals surface area contributed by atoms with Crippen LogP contribution >= 0.6 is 0 Å². The molecule has 0 saturated carbocycles. The van der Waals surface area contributed by atoms with Gasteiger partial charge in [-0.1, -0.05) is 20.8 Å². The van der Waals surface area contributed by atoms with Crippen LogP contribution in [0.1, 0.15) is 44.9 Å². The molecule has 1 aliphatic carbocycles. The van der Waals surface area contributed by atoms with Crippen LogP contribution in [0.5, 0.6) is 0 Å². The number of nitrogens with one attached hydrogen (secondary N) is 2. The van der Waals surface area contributed by atoms with Crippen molar-refractivity contribution in [1.29, 1.82) is 0 Å². The summed E-state index contributed by atoms with van der Waals surface area (Å²) in [5.74, 6) is 0. The van der Waals surface area contributed by atoms with E-state index in [2.05, 4.69) is 36.3 Å². The number of amides is 2. The number of hydrogen-bond donors (Lipinski definition) is 3. The number of aromatic nitrogens is 2. The highest BCUT2D eigenvalue weighted by Gasteiger charge is 2.25.